The van der Waals surface area contributed by atoms with E-state index in [0.717, 1.165) is 40.5 Å². The van der Waals surface area contributed by atoms with Crippen LogP contribution in [-0.2, 0) is 22.4 Å². The number of ketones is 2. The summed E-state index contributed by atoms with van der Waals surface area (Å²) >= 11 is 5.12. The second-order valence-corrected chi connectivity index (χ2v) is 10.3. The maximum Gasteiger partial charge on any atom is 0.296 e. The van der Waals surface area contributed by atoms with Crippen molar-refractivity contribution in [1.82, 2.24) is 9.97 Å². The zero-order valence-electron chi connectivity index (χ0n) is 24.9. The molecule has 0 bridgehead atoms. The van der Waals surface area contributed by atoms with Gasteiger partial charge in [-0.05, 0) is 59.8 Å². The van der Waals surface area contributed by atoms with E-state index < -0.39 is 22.7 Å². The summed E-state index contributed by atoms with van der Waals surface area (Å²) in [7, 11) is 0. The molecule has 0 spiro atoms. The van der Waals surface area contributed by atoms with Crippen molar-refractivity contribution in [2.75, 3.05) is 11.1 Å². The lowest BCUT2D eigenvalue weighted by Gasteiger charge is -2.08. The summed E-state index contributed by atoms with van der Waals surface area (Å²) in [6, 6.07) is 30.1. The van der Waals surface area contributed by atoms with Gasteiger partial charge in [-0.2, -0.15) is 0 Å². The highest BCUT2D eigenvalue weighted by molar-refractivity contribution is 6.83. The molecule has 2 aromatic heterocycles. The van der Waals surface area contributed by atoms with Gasteiger partial charge in [-0.25, -0.2) is 0 Å². The molecule has 0 unspecified atom stereocenters. The van der Waals surface area contributed by atoms with Crippen LogP contribution in [0, 0.1) is 0 Å². The number of nitrogens with one attached hydrogen (secondary N) is 3. The van der Waals surface area contributed by atoms with E-state index in [1.54, 1.807) is 24.4 Å². The molecule has 5 N–H and O–H groups in total. The van der Waals surface area contributed by atoms with Crippen LogP contribution >= 0.6 is 11.6 Å². The number of para-hydroxylation sites is 4. The van der Waals surface area contributed by atoms with Gasteiger partial charge < -0.3 is 21.0 Å². The fourth-order valence-corrected chi connectivity index (χ4v) is 4.83. The van der Waals surface area contributed by atoms with Gasteiger partial charge in [0.05, 0.1) is 11.1 Å². The number of Topliss-reactive ketones (excluding diaryl/α,β-unsaturated/α-hetero) is 2. The molecule has 4 aromatic carbocycles. The molecule has 1 amide bonds. The zero-order chi connectivity index (χ0) is 32.3. The van der Waals surface area contributed by atoms with Crippen LogP contribution in [0.2, 0.25) is 0 Å². The Hall–Kier alpha value is -5.47. The molecular weight excluding hydrogens is 588 g/mol. The Labute approximate surface area is 265 Å². The molecule has 8 nitrogen and oxygen atoms in total. The highest BCUT2D eigenvalue weighted by atomic mass is 35.5. The molecule has 6 rings (SSSR count). The van der Waals surface area contributed by atoms with Gasteiger partial charge in [-0.1, -0.05) is 86.6 Å². The number of halogens is 1. The van der Waals surface area contributed by atoms with Gasteiger partial charge >= 0.3 is 0 Å². The first-order chi connectivity index (χ1) is 21.7. The van der Waals surface area contributed by atoms with E-state index in [0.29, 0.717) is 22.2 Å². The van der Waals surface area contributed by atoms with Crippen LogP contribution in [0.4, 0.5) is 11.4 Å². The lowest BCUT2D eigenvalue weighted by molar-refractivity contribution is -0.112. The number of aromatic nitrogens is 2. The van der Waals surface area contributed by atoms with Crippen molar-refractivity contribution in [1.29, 1.82) is 0 Å². The molecule has 0 atom stereocenters. The summed E-state index contributed by atoms with van der Waals surface area (Å²) < 4.78 is 0. The average Bonchev–Trinajstić information content (AvgIpc) is 3.70. The summed E-state index contributed by atoms with van der Waals surface area (Å²) in [4.78, 5) is 52.5. The Morgan fingerprint density at radius 2 is 1.11 bits per heavy atom. The number of nitrogen functional groups attached to an aromatic ring is 1. The summed E-state index contributed by atoms with van der Waals surface area (Å²) in [6.45, 7) is 4.11. The number of H-pyrrole nitrogens is 2. The number of anilines is 2. The van der Waals surface area contributed by atoms with Crippen molar-refractivity contribution in [2.45, 2.75) is 26.7 Å². The van der Waals surface area contributed by atoms with Crippen LogP contribution in [0.3, 0.4) is 0 Å². The fraction of sp³-hybridized carbons (Fsp3) is 0.111. The monoisotopic (exact) mass is 620 g/mol. The van der Waals surface area contributed by atoms with E-state index in [1.807, 2.05) is 79.7 Å². The van der Waals surface area contributed by atoms with Crippen LogP contribution in [0.25, 0.3) is 21.8 Å². The number of aromatic amines is 2. The van der Waals surface area contributed by atoms with Gasteiger partial charge in [0.15, 0.2) is 0 Å². The van der Waals surface area contributed by atoms with E-state index in [4.69, 9.17) is 17.3 Å². The molecule has 0 aliphatic rings. The smallest absolute Gasteiger partial charge is 0.296 e. The number of hydrogen-bond acceptors (Lipinski definition) is 5. The third-order valence-corrected chi connectivity index (χ3v) is 7.31. The topological polar surface area (TPSA) is 138 Å². The van der Waals surface area contributed by atoms with Gasteiger partial charge in [0, 0.05) is 45.6 Å². The molecule has 2 heterocycles. The predicted molar refractivity (Wildman–Crippen MR) is 181 cm³/mol. The fourth-order valence-electron chi connectivity index (χ4n) is 4.73. The van der Waals surface area contributed by atoms with E-state index >= 15 is 0 Å². The minimum absolute atomic E-state index is 0.320. The number of rotatable bonds is 7. The number of nitrogens with two attached hydrogens (primary N) is 1. The molecule has 228 valence electrons. The number of carbonyl (C=O) groups excluding carboxylic acids is 4. The molecule has 0 fully saturated rings. The van der Waals surface area contributed by atoms with Crippen molar-refractivity contribution >= 4 is 67.5 Å². The number of aryl methyl sites for hydroxylation is 2. The van der Waals surface area contributed by atoms with E-state index in [1.165, 1.54) is 11.8 Å². The molecule has 0 saturated heterocycles. The van der Waals surface area contributed by atoms with Crippen LogP contribution in [0.1, 0.15) is 45.7 Å². The Balaban J connectivity index is 0.000000171. The van der Waals surface area contributed by atoms with Crippen molar-refractivity contribution in [2.24, 2.45) is 0 Å². The summed E-state index contributed by atoms with van der Waals surface area (Å²) in [5, 5.41) is 3.22. The van der Waals surface area contributed by atoms with Crippen LogP contribution < -0.4 is 11.1 Å². The molecule has 0 saturated carbocycles. The first-order valence-corrected chi connectivity index (χ1v) is 14.8. The second-order valence-electron chi connectivity index (χ2n) is 9.95. The summed E-state index contributed by atoms with van der Waals surface area (Å²) in [6.07, 6.45) is 4.88. The maximum absolute atomic E-state index is 12.4. The number of carbonyl (C=O) groups is 4. The second kappa shape index (κ2) is 15.3. The van der Waals surface area contributed by atoms with Crippen LogP contribution in [0.15, 0.2) is 109 Å². The van der Waals surface area contributed by atoms with E-state index in [2.05, 4.69) is 28.3 Å². The normalized spacial score (nSPS) is 10.3. The standard InChI is InChI=1S/C18H16N2O2.C10H6ClNO2.C8H11N/c1-2-12-7-3-5-9-15(12)20-18(22)17(21)14-11-19-16-10-6-4-8-13(14)16;11-10(14)9(13)7-5-12-8-4-2-1-3-6(7)8;1-2-7-5-3-4-6-8(7)9/h3-11,19H,2H2,1H3,(H,20,22);1-5,12H;3-6H,2,9H2,1H3. The van der Waals surface area contributed by atoms with Crippen molar-refractivity contribution in [3.05, 3.63) is 132 Å². The highest BCUT2D eigenvalue weighted by Crippen LogP contribution is 2.21. The molecule has 6 aromatic rings. The molecule has 0 radical (unpaired) electrons. The molecular formula is C36H33ClN4O4. The predicted octanol–water partition coefficient (Wildman–Crippen LogP) is 7.50. The van der Waals surface area contributed by atoms with Crippen molar-refractivity contribution in [3.8, 4) is 0 Å². The summed E-state index contributed by atoms with van der Waals surface area (Å²) in [5.41, 5.74) is 11.8. The first kappa shape index (κ1) is 32.4. The Morgan fingerprint density at radius 1 is 0.644 bits per heavy atom. The quantitative estimate of drug-likeness (QED) is 0.0633. The number of hydrogen-bond donors (Lipinski definition) is 4. The molecule has 0 aliphatic carbocycles. The van der Waals surface area contributed by atoms with Gasteiger partial charge in [-0.3, -0.25) is 19.2 Å². The van der Waals surface area contributed by atoms with Gasteiger partial charge in [0.1, 0.15) is 0 Å². The van der Waals surface area contributed by atoms with E-state index in [9.17, 15) is 19.2 Å². The average molecular weight is 621 g/mol. The third-order valence-electron chi connectivity index (χ3n) is 7.13. The Morgan fingerprint density at radius 3 is 1.62 bits per heavy atom. The highest BCUT2D eigenvalue weighted by Gasteiger charge is 2.20. The Bertz CT molecular complexity index is 1970. The summed E-state index contributed by atoms with van der Waals surface area (Å²) in [5.74, 6) is -1.84. The van der Waals surface area contributed by atoms with Crippen molar-refractivity contribution < 1.29 is 19.2 Å². The Kier molecular flexibility index (Phi) is 11.0. The third kappa shape index (κ3) is 7.93. The number of fused-ring (bicyclic) bond motifs is 2. The zero-order valence-corrected chi connectivity index (χ0v) is 25.7. The minimum atomic E-state index is -0.963. The molecule has 9 heteroatoms. The largest absolute Gasteiger partial charge is 0.399 e. The number of benzene rings is 4. The van der Waals surface area contributed by atoms with Gasteiger partial charge in [0.25, 0.3) is 16.9 Å². The van der Waals surface area contributed by atoms with Gasteiger partial charge in [0.2, 0.25) is 5.78 Å². The first-order valence-electron chi connectivity index (χ1n) is 14.4. The van der Waals surface area contributed by atoms with Gasteiger partial charge in [-0.15, -0.1) is 0 Å². The lowest BCUT2D eigenvalue weighted by atomic mass is 10.1. The molecule has 0 aliphatic heterocycles. The van der Waals surface area contributed by atoms with E-state index in [-0.39, 0.29) is 0 Å². The maximum atomic E-state index is 12.4. The SMILES string of the molecule is CCc1ccccc1N.CCc1ccccc1NC(=O)C(=O)c1c[nH]c2ccccc12.O=C(Cl)C(=O)c1c[nH]c2ccccc12. The van der Waals surface area contributed by atoms with Crippen LogP contribution in [0.5, 0.6) is 0 Å². The minimum Gasteiger partial charge on any atom is -0.399 e. The lowest BCUT2D eigenvalue weighted by Crippen LogP contribution is -2.23. The molecule has 45 heavy (non-hydrogen) atoms. The number of amides is 1. The van der Waals surface area contributed by atoms with Crippen molar-refractivity contribution in [3.63, 3.8) is 0 Å². The van der Waals surface area contributed by atoms with Crippen LogP contribution in [-0.4, -0.2) is 32.7 Å².